The third-order valence-electron chi connectivity index (χ3n) is 5.81. The predicted octanol–water partition coefficient (Wildman–Crippen LogP) is 1.20. The van der Waals surface area contributed by atoms with E-state index in [-0.39, 0.29) is 17.4 Å². The van der Waals surface area contributed by atoms with Crippen molar-refractivity contribution in [3.63, 3.8) is 0 Å². The van der Waals surface area contributed by atoms with Crippen molar-refractivity contribution in [2.24, 2.45) is 0 Å². The SMILES string of the molecule is CC(C)S(=O)(=O)N1CCN(c2cnn(-c3cccnn3)c(=O)c2OC2CCCC2)CC1. The third-order valence-corrected chi connectivity index (χ3v) is 8.09. The van der Waals surface area contributed by atoms with Crippen LogP contribution in [0.3, 0.4) is 0 Å². The molecule has 1 aliphatic heterocycles. The first-order valence-electron chi connectivity index (χ1n) is 10.7. The lowest BCUT2D eigenvalue weighted by Crippen LogP contribution is -2.50. The molecule has 4 rings (SSSR count). The van der Waals surface area contributed by atoms with Crippen molar-refractivity contribution in [1.82, 2.24) is 24.3 Å². The van der Waals surface area contributed by atoms with Gasteiger partial charge in [0.05, 0.1) is 17.6 Å². The van der Waals surface area contributed by atoms with Crippen LogP contribution >= 0.6 is 0 Å². The van der Waals surface area contributed by atoms with Crippen molar-refractivity contribution >= 4 is 15.7 Å². The number of piperazine rings is 1. The van der Waals surface area contributed by atoms with Crippen LogP contribution in [0.5, 0.6) is 5.75 Å². The van der Waals surface area contributed by atoms with Crippen molar-refractivity contribution in [3.8, 4) is 11.6 Å². The highest BCUT2D eigenvalue weighted by atomic mass is 32.2. The maximum atomic E-state index is 13.3. The molecule has 0 bridgehead atoms. The summed E-state index contributed by atoms with van der Waals surface area (Å²) in [5.74, 6) is 0.566. The second-order valence-corrected chi connectivity index (χ2v) is 10.7. The fourth-order valence-electron chi connectivity index (χ4n) is 3.99. The molecule has 2 aromatic rings. The quantitative estimate of drug-likeness (QED) is 0.648. The van der Waals surface area contributed by atoms with E-state index in [4.69, 9.17) is 4.74 Å². The lowest BCUT2D eigenvalue weighted by molar-refractivity contribution is 0.205. The molecule has 0 N–H and O–H groups in total. The molecule has 11 heteroatoms. The molecule has 2 fully saturated rings. The molecule has 0 atom stereocenters. The zero-order chi connectivity index (χ0) is 22.0. The van der Waals surface area contributed by atoms with Gasteiger partial charge in [0, 0.05) is 32.4 Å². The summed E-state index contributed by atoms with van der Waals surface area (Å²) in [6.07, 6.45) is 7.10. The molecule has 0 unspecified atom stereocenters. The number of hydrogen-bond donors (Lipinski definition) is 0. The third kappa shape index (κ3) is 4.42. The number of ether oxygens (including phenoxy) is 1. The van der Waals surface area contributed by atoms with E-state index >= 15 is 0 Å². The number of rotatable bonds is 6. The summed E-state index contributed by atoms with van der Waals surface area (Å²) in [5, 5.41) is 11.7. The Bertz CT molecular complexity index is 1060. The first kappa shape index (κ1) is 21.7. The Morgan fingerprint density at radius 3 is 2.45 bits per heavy atom. The largest absolute Gasteiger partial charge is 0.483 e. The normalized spacial score (nSPS) is 18.6. The van der Waals surface area contributed by atoms with Crippen molar-refractivity contribution in [3.05, 3.63) is 34.9 Å². The molecule has 31 heavy (non-hydrogen) atoms. The minimum Gasteiger partial charge on any atom is -0.483 e. The van der Waals surface area contributed by atoms with Crippen LogP contribution < -0.4 is 15.2 Å². The summed E-state index contributed by atoms with van der Waals surface area (Å²) >= 11 is 0. The zero-order valence-electron chi connectivity index (χ0n) is 17.8. The fraction of sp³-hybridized carbons (Fsp3) is 0.600. The molecule has 0 amide bonds. The Labute approximate surface area is 181 Å². The number of aromatic nitrogens is 4. The second kappa shape index (κ2) is 8.91. The van der Waals surface area contributed by atoms with Crippen LogP contribution in [-0.2, 0) is 10.0 Å². The molecule has 1 saturated heterocycles. The molecule has 0 aromatic carbocycles. The highest BCUT2D eigenvalue weighted by Gasteiger charge is 2.32. The van der Waals surface area contributed by atoms with Gasteiger partial charge in [-0.15, -0.1) is 5.10 Å². The van der Waals surface area contributed by atoms with Gasteiger partial charge in [0.1, 0.15) is 5.69 Å². The monoisotopic (exact) mass is 448 g/mol. The average molecular weight is 449 g/mol. The smallest absolute Gasteiger partial charge is 0.317 e. The average Bonchev–Trinajstić information content (AvgIpc) is 3.29. The van der Waals surface area contributed by atoms with Gasteiger partial charge < -0.3 is 9.64 Å². The van der Waals surface area contributed by atoms with Gasteiger partial charge in [-0.3, -0.25) is 4.79 Å². The van der Waals surface area contributed by atoms with Crippen molar-refractivity contribution < 1.29 is 13.2 Å². The van der Waals surface area contributed by atoms with Gasteiger partial charge in [-0.1, -0.05) is 0 Å². The topological polar surface area (TPSA) is 111 Å². The molecule has 0 radical (unpaired) electrons. The number of hydrogen-bond acceptors (Lipinski definition) is 8. The summed E-state index contributed by atoms with van der Waals surface area (Å²) in [7, 11) is -3.31. The van der Waals surface area contributed by atoms with Gasteiger partial charge in [-0.25, -0.2) is 8.42 Å². The Morgan fingerprint density at radius 2 is 1.84 bits per heavy atom. The number of anilines is 1. The highest BCUT2D eigenvalue weighted by Crippen LogP contribution is 2.30. The van der Waals surface area contributed by atoms with Gasteiger partial charge in [0.15, 0.2) is 5.82 Å². The molecule has 2 aromatic heterocycles. The molecule has 168 valence electrons. The van der Waals surface area contributed by atoms with Crippen LogP contribution in [0, 0.1) is 0 Å². The molecule has 10 nitrogen and oxygen atoms in total. The summed E-state index contributed by atoms with van der Waals surface area (Å²) in [5.41, 5.74) is 0.209. The molecule has 1 aliphatic carbocycles. The van der Waals surface area contributed by atoms with Gasteiger partial charge in [-0.05, 0) is 51.7 Å². The lowest BCUT2D eigenvalue weighted by Gasteiger charge is -2.36. The first-order chi connectivity index (χ1) is 14.9. The number of sulfonamides is 1. The van der Waals surface area contributed by atoms with Crippen LogP contribution in [0.2, 0.25) is 0 Å². The fourth-order valence-corrected chi connectivity index (χ4v) is 5.26. The van der Waals surface area contributed by atoms with Crippen LogP contribution in [0.25, 0.3) is 5.82 Å². The van der Waals surface area contributed by atoms with Gasteiger partial charge in [0.25, 0.3) is 0 Å². The Morgan fingerprint density at radius 1 is 1.13 bits per heavy atom. The van der Waals surface area contributed by atoms with E-state index in [9.17, 15) is 13.2 Å². The van der Waals surface area contributed by atoms with Crippen LogP contribution in [0.4, 0.5) is 5.69 Å². The molecule has 2 aliphatic rings. The van der Waals surface area contributed by atoms with Gasteiger partial charge >= 0.3 is 5.56 Å². The molecular weight excluding hydrogens is 420 g/mol. The summed E-state index contributed by atoms with van der Waals surface area (Å²) < 4.78 is 33.9. The molecule has 1 saturated carbocycles. The number of nitrogens with zero attached hydrogens (tertiary/aromatic N) is 6. The molecule has 0 spiro atoms. The van der Waals surface area contributed by atoms with E-state index in [1.54, 1.807) is 32.2 Å². The van der Waals surface area contributed by atoms with E-state index < -0.39 is 15.3 Å². The standard InChI is InChI=1S/C20H28N6O4S/c1-15(2)31(28,29)25-12-10-24(11-13-25)17-14-22-26(18-8-5-9-21-23-18)20(27)19(17)30-16-6-3-4-7-16/h5,8-9,14-16H,3-4,6-7,10-13H2,1-2H3. The highest BCUT2D eigenvalue weighted by molar-refractivity contribution is 7.89. The van der Waals surface area contributed by atoms with E-state index in [1.165, 1.54) is 15.2 Å². The van der Waals surface area contributed by atoms with Crippen molar-refractivity contribution in [2.45, 2.75) is 50.9 Å². The zero-order valence-corrected chi connectivity index (χ0v) is 18.7. The van der Waals surface area contributed by atoms with Crippen LogP contribution in [0.15, 0.2) is 29.3 Å². The second-order valence-electron chi connectivity index (χ2n) is 8.16. The van der Waals surface area contributed by atoms with E-state index in [0.717, 1.165) is 25.7 Å². The Balaban J connectivity index is 1.64. The Hall–Kier alpha value is -2.53. The van der Waals surface area contributed by atoms with Gasteiger partial charge in [-0.2, -0.15) is 19.2 Å². The first-order valence-corrected chi connectivity index (χ1v) is 12.2. The van der Waals surface area contributed by atoms with E-state index in [2.05, 4.69) is 15.3 Å². The summed E-state index contributed by atoms with van der Waals surface area (Å²) in [6.45, 7) is 5.01. The minimum atomic E-state index is -3.31. The van der Waals surface area contributed by atoms with Crippen molar-refractivity contribution in [2.75, 3.05) is 31.1 Å². The van der Waals surface area contributed by atoms with Gasteiger partial charge in [0.2, 0.25) is 15.8 Å². The summed E-state index contributed by atoms with van der Waals surface area (Å²) in [6, 6.07) is 3.35. The minimum absolute atomic E-state index is 0.00762. The maximum absolute atomic E-state index is 13.3. The van der Waals surface area contributed by atoms with Crippen LogP contribution in [-0.4, -0.2) is 70.2 Å². The van der Waals surface area contributed by atoms with Crippen LogP contribution in [0.1, 0.15) is 39.5 Å². The summed E-state index contributed by atoms with van der Waals surface area (Å²) in [4.78, 5) is 15.3. The van der Waals surface area contributed by atoms with E-state index in [1.807, 2.05) is 4.90 Å². The van der Waals surface area contributed by atoms with Crippen molar-refractivity contribution in [1.29, 1.82) is 0 Å². The lowest BCUT2D eigenvalue weighted by atomic mass is 10.2. The molecular formula is C20H28N6O4S. The predicted molar refractivity (Wildman–Crippen MR) is 116 cm³/mol. The maximum Gasteiger partial charge on any atom is 0.317 e. The van der Waals surface area contributed by atoms with E-state index in [0.29, 0.717) is 37.7 Å². The molecule has 3 heterocycles. The Kier molecular flexibility index (Phi) is 6.24.